The highest BCUT2D eigenvalue weighted by atomic mass is 16.5. The predicted molar refractivity (Wildman–Crippen MR) is 128 cm³/mol. The number of carbonyl (C=O) groups is 1. The largest absolute Gasteiger partial charge is 0.373 e. The maximum atomic E-state index is 12.6. The molecular weight excluding hydrogens is 396 g/mol. The van der Waals surface area contributed by atoms with Crippen LogP contribution in [0.1, 0.15) is 39.6 Å². The number of fused-ring (bicyclic) bond motifs is 1. The lowest BCUT2D eigenvalue weighted by molar-refractivity contribution is 0.0289. The Morgan fingerprint density at radius 3 is 2.28 bits per heavy atom. The van der Waals surface area contributed by atoms with Gasteiger partial charge in [0.25, 0.3) is 0 Å². The third kappa shape index (κ3) is 4.62. The lowest BCUT2D eigenvalue weighted by atomic mass is 9.95. The van der Waals surface area contributed by atoms with Crippen LogP contribution >= 0.6 is 0 Å². The van der Waals surface area contributed by atoms with Gasteiger partial charge >= 0.3 is 0 Å². The zero-order valence-electron chi connectivity index (χ0n) is 18.5. The molecule has 2 aliphatic rings. The van der Waals surface area contributed by atoms with Gasteiger partial charge in [-0.2, -0.15) is 0 Å². The van der Waals surface area contributed by atoms with Crippen molar-refractivity contribution in [2.75, 3.05) is 44.2 Å². The van der Waals surface area contributed by atoms with Crippen molar-refractivity contribution in [2.45, 2.75) is 18.9 Å². The van der Waals surface area contributed by atoms with Gasteiger partial charge in [0, 0.05) is 49.5 Å². The number of piperazine rings is 1. The summed E-state index contributed by atoms with van der Waals surface area (Å²) in [6.45, 7) is 6.02. The summed E-state index contributed by atoms with van der Waals surface area (Å²) in [6.07, 6.45) is 2.31. The van der Waals surface area contributed by atoms with Crippen LogP contribution in [-0.2, 0) is 11.2 Å². The van der Waals surface area contributed by atoms with Gasteiger partial charge in [-0.3, -0.25) is 9.69 Å². The molecule has 1 unspecified atom stereocenters. The van der Waals surface area contributed by atoms with Gasteiger partial charge in [-0.25, -0.2) is 0 Å². The van der Waals surface area contributed by atoms with Crippen molar-refractivity contribution < 1.29 is 9.53 Å². The Kier molecular flexibility index (Phi) is 6.33. The molecule has 0 aromatic heterocycles. The Bertz CT molecular complexity index is 1040. The van der Waals surface area contributed by atoms with E-state index in [1.54, 1.807) is 0 Å². The first kappa shape index (κ1) is 20.9. The molecule has 4 heteroatoms. The van der Waals surface area contributed by atoms with E-state index in [9.17, 15) is 4.79 Å². The van der Waals surface area contributed by atoms with Crippen molar-refractivity contribution in [1.82, 2.24) is 4.90 Å². The van der Waals surface area contributed by atoms with Crippen LogP contribution in [0.3, 0.4) is 0 Å². The lowest BCUT2D eigenvalue weighted by Crippen LogP contribution is -2.47. The van der Waals surface area contributed by atoms with E-state index in [1.165, 1.54) is 16.8 Å². The van der Waals surface area contributed by atoms with Gasteiger partial charge in [-0.1, -0.05) is 54.6 Å². The smallest absolute Gasteiger partial charge is 0.193 e. The Balaban J connectivity index is 1.13. The van der Waals surface area contributed by atoms with Gasteiger partial charge in [0.1, 0.15) is 0 Å². The molecule has 5 rings (SSSR count). The SMILES string of the molecule is O=C(c1ccccc1)c1ccc(N2CCN(CCC3OCCc4ccccc43)CC2)cc1. The van der Waals surface area contributed by atoms with Crippen LogP contribution < -0.4 is 4.90 Å². The lowest BCUT2D eigenvalue weighted by Gasteiger charge is -2.37. The summed E-state index contributed by atoms with van der Waals surface area (Å²) >= 11 is 0. The van der Waals surface area contributed by atoms with Crippen LogP contribution in [0.25, 0.3) is 0 Å². The van der Waals surface area contributed by atoms with E-state index in [0.29, 0.717) is 0 Å². The van der Waals surface area contributed by atoms with E-state index >= 15 is 0 Å². The number of benzene rings is 3. The topological polar surface area (TPSA) is 32.8 Å². The van der Waals surface area contributed by atoms with E-state index in [4.69, 9.17) is 4.74 Å². The number of carbonyl (C=O) groups excluding carboxylic acids is 1. The summed E-state index contributed by atoms with van der Waals surface area (Å²) in [5, 5.41) is 0. The van der Waals surface area contributed by atoms with E-state index < -0.39 is 0 Å². The Morgan fingerprint density at radius 2 is 1.50 bits per heavy atom. The molecular formula is C28H30N2O2. The van der Waals surface area contributed by atoms with Crippen LogP contribution in [0.4, 0.5) is 5.69 Å². The highest BCUT2D eigenvalue weighted by Gasteiger charge is 2.23. The first-order valence-corrected chi connectivity index (χ1v) is 11.6. The Hall–Kier alpha value is -2.95. The molecule has 4 nitrogen and oxygen atoms in total. The minimum absolute atomic E-state index is 0.0773. The molecule has 1 fully saturated rings. The number of hydrogen-bond acceptors (Lipinski definition) is 4. The predicted octanol–water partition coefficient (Wildman–Crippen LogP) is 4.74. The van der Waals surface area contributed by atoms with Gasteiger partial charge in [0.15, 0.2) is 5.78 Å². The molecule has 164 valence electrons. The molecule has 2 aliphatic heterocycles. The minimum Gasteiger partial charge on any atom is -0.373 e. The van der Waals surface area contributed by atoms with Crippen molar-refractivity contribution >= 4 is 11.5 Å². The molecule has 1 saturated heterocycles. The summed E-state index contributed by atoms with van der Waals surface area (Å²) in [4.78, 5) is 17.6. The Labute approximate surface area is 190 Å². The third-order valence-corrected chi connectivity index (χ3v) is 6.70. The molecule has 0 aliphatic carbocycles. The molecule has 0 bridgehead atoms. The molecule has 0 amide bonds. The summed E-state index contributed by atoms with van der Waals surface area (Å²) in [5.41, 5.74) is 5.49. The van der Waals surface area contributed by atoms with Crippen molar-refractivity contribution in [2.24, 2.45) is 0 Å². The Morgan fingerprint density at radius 1 is 0.812 bits per heavy atom. The number of anilines is 1. The number of ketones is 1. The van der Waals surface area contributed by atoms with Crippen molar-refractivity contribution in [3.05, 3.63) is 101 Å². The second-order valence-electron chi connectivity index (χ2n) is 8.67. The highest BCUT2D eigenvalue weighted by molar-refractivity contribution is 6.09. The quantitative estimate of drug-likeness (QED) is 0.533. The molecule has 32 heavy (non-hydrogen) atoms. The minimum atomic E-state index is 0.0773. The normalized spacial score (nSPS) is 18.9. The number of ether oxygens (including phenoxy) is 1. The third-order valence-electron chi connectivity index (χ3n) is 6.70. The molecule has 0 N–H and O–H groups in total. The van der Waals surface area contributed by atoms with Gasteiger partial charge in [-0.05, 0) is 48.2 Å². The molecule has 1 atom stereocenters. The zero-order valence-corrected chi connectivity index (χ0v) is 18.5. The molecule has 3 aromatic carbocycles. The molecule has 2 heterocycles. The molecule has 0 spiro atoms. The van der Waals surface area contributed by atoms with Crippen LogP contribution in [-0.4, -0.2) is 50.0 Å². The summed E-state index contributed by atoms with van der Waals surface area (Å²) in [6, 6.07) is 26.3. The van der Waals surface area contributed by atoms with Crippen molar-refractivity contribution in [3.63, 3.8) is 0 Å². The second-order valence-corrected chi connectivity index (χ2v) is 8.67. The zero-order chi connectivity index (χ0) is 21.8. The maximum Gasteiger partial charge on any atom is 0.193 e. The highest BCUT2D eigenvalue weighted by Crippen LogP contribution is 2.30. The van der Waals surface area contributed by atoms with Crippen LogP contribution in [0.5, 0.6) is 0 Å². The van der Waals surface area contributed by atoms with E-state index in [0.717, 1.165) is 63.3 Å². The summed E-state index contributed by atoms with van der Waals surface area (Å²) in [5.74, 6) is 0.0773. The van der Waals surface area contributed by atoms with E-state index in [2.05, 4.69) is 46.2 Å². The van der Waals surface area contributed by atoms with Crippen molar-refractivity contribution in [1.29, 1.82) is 0 Å². The maximum absolute atomic E-state index is 12.6. The van der Waals surface area contributed by atoms with Gasteiger partial charge in [0.05, 0.1) is 12.7 Å². The van der Waals surface area contributed by atoms with Crippen LogP contribution in [0.2, 0.25) is 0 Å². The molecule has 0 radical (unpaired) electrons. The van der Waals surface area contributed by atoms with Crippen molar-refractivity contribution in [3.8, 4) is 0 Å². The monoisotopic (exact) mass is 426 g/mol. The van der Waals surface area contributed by atoms with Gasteiger partial charge in [0.2, 0.25) is 0 Å². The first-order chi connectivity index (χ1) is 15.8. The van der Waals surface area contributed by atoms with Crippen LogP contribution in [0, 0.1) is 0 Å². The van der Waals surface area contributed by atoms with Gasteiger partial charge in [-0.15, -0.1) is 0 Å². The average molecular weight is 427 g/mol. The number of rotatable bonds is 6. The van der Waals surface area contributed by atoms with E-state index in [1.807, 2.05) is 42.5 Å². The second kappa shape index (κ2) is 9.68. The number of nitrogens with zero attached hydrogens (tertiary/aromatic N) is 2. The fourth-order valence-electron chi connectivity index (χ4n) is 4.83. The van der Waals surface area contributed by atoms with E-state index in [-0.39, 0.29) is 11.9 Å². The standard InChI is InChI=1S/C28H30N2O2/c31-28(23-7-2-1-3-8-23)24-10-12-25(13-11-24)30-19-17-29(18-20-30)16-14-27-26-9-5-4-6-22(26)15-21-32-27/h1-13,27H,14-21H2. The fourth-order valence-corrected chi connectivity index (χ4v) is 4.83. The molecule has 0 saturated carbocycles. The van der Waals surface area contributed by atoms with Crippen LogP contribution in [0.15, 0.2) is 78.9 Å². The fraction of sp³-hybridized carbons (Fsp3) is 0.321. The molecule has 3 aromatic rings. The first-order valence-electron chi connectivity index (χ1n) is 11.6. The average Bonchev–Trinajstić information content (AvgIpc) is 2.88. The summed E-state index contributed by atoms with van der Waals surface area (Å²) in [7, 11) is 0. The summed E-state index contributed by atoms with van der Waals surface area (Å²) < 4.78 is 6.08. The number of hydrogen-bond donors (Lipinski definition) is 0. The van der Waals surface area contributed by atoms with Gasteiger partial charge < -0.3 is 9.64 Å².